The van der Waals surface area contributed by atoms with Crippen LogP contribution in [0.1, 0.15) is 18.4 Å². The summed E-state index contributed by atoms with van der Waals surface area (Å²) >= 11 is 0. The van der Waals surface area contributed by atoms with Gasteiger partial charge in [0.2, 0.25) is 11.8 Å². The molecule has 2 aliphatic heterocycles. The summed E-state index contributed by atoms with van der Waals surface area (Å²) < 4.78 is 43.6. The molecule has 1 aromatic carbocycles. The second-order valence-corrected chi connectivity index (χ2v) is 8.18. The predicted octanol–water partition coefficient (Wildman–Crippen LogP) is 3.20. The maximum atomic E-state index is 13.2. The van der Waals surface area contributed by atoms with Gasteiger partial charge in [-0.2, -0.15) is 13.2 Å². The fraction of sp³-hybridized carbons (Fsp3) is 0.435. The highest BCUT2D eigenvalue weighted by molar-refractivity contribution is 6.00. The molecule has 0 N–H and O–H groups in total. The number of ether oxygens (including phenoxy) is 1. The standard InChI is InChI=1S/C23H25F3N4O3/c1-33-19-5-2-4-18(13-19)30-15-16(12-21(30)31)22(32)29-9-3-8-28(10-11-29)20-7-6-17(14-27-20)23(24,25)26/h2,4-7,13-14,16H,3,8-12,15H2,1H3. The Kier molecular flexibility index (Phi) is 6.44. The number of anilines is 2. The maximum absolute atomic E-state index is 13.2. The molecule has 33 heavy (non-hydrogen) atoms. The molecule has 0 radical (unpaired) electrons. The SMILES string of the molecule is COc1cccc(N2CC(C(=O)N3CCCN(c4ccc(C(F)(F)F)cn4)CC3)CC2=O)c1. The molecule has 7 nitrogen and oxygen atoms in total. The molecular formula is C23H25F3N4O3. The second kappa shape index (κ2) is 9.29. The van der Waals surface area contributed by atoms with Crippen LogP contribution in [-0.4, -0.2) is 61.5 Å². The molecule has 1 atom stereocenters. The number of aromatic nitrogens is 1. The third-order valence-corrected chi connectivity index (χ3v) is 6.05. The number of carbonyl (C=O) groups excluding carboxylic acids is 2. The van der Waals surface area contributed by atoms with Crippen molar-refractivity contribution in [2.24, 2.45) is 5.92 Å². The minimum absolute atomic E-state index is 0.0732. The molecule has 0 aliphatic carbocycles. The normalized spacial score (nSPS) is 19.6. The summed E-state index contributed by atoms with van der Waals surface area (Å²) in [6.07, 6.45) is -2.78. The number of pyridine rings is 1. The maximum Gasteiger partial charge on any atom is 0.417 e. The van der Waals surface area contributed by atoms with Crippen LogP contribution in [0.3, 0.4) is 0 Å². The van der Waals surface area contributed by atoms with Gasteiger partial charge in [-0.25, -0.2) is 4.98 Å². The Labute approximate surface area is 189 Å². The molecule has 4 rings (SSSR count). The number of halogens is 3. The van der Waals surface area contributed by atoms with Crippen molar-refractivity contribution in [1.29, 1.82) is 0 Å². The average Bonchev–Trinajstić information content (AvgIpc) is 3.03. The zero-order valence-corrected chi connectivity index (χ0v) is 18.2. The van der Waals surface area contributed by atoms with Gasteiger partial charge in [-0.05, 0) is 30.7 Å². The van der Waals surface area contributed by atoms with Gasteiger partial charge in [0.25, 0.3) is 0 Å². The summed E-state index contributed by atoms with van der Waals surface area (Å²) in [5, 5.41) is 0. The van der Waals surface area contributed by atoms with E-state index in [0.717, 1.165) is 12.3 Å². The molecule has 2 aliphatic rings. The van der Waals surface area contributed by atoms with Crippen LogP contribution in [0.2, 0.25) is 0 Å². The summed E-state index contributed by atoms with van der Waals surface area (Å²) in [4.78, 5) is 35.0. The van der Waals surface area contributed by atoms with E-state index in [1.807, 2.05) is 11.0 Å². The Balaban J connectivity index is 1.38. The molecule has 10 heteroatoms. The number of carbonyl (C=O) groups is 2. The minimum Gasteiger partial charge on any atom is -0.497 e. The van der Waals surface area contributed by atoms with Crippen molar-refractivity contribution in [2.75, 3.05) is 49.6 Å². The highest BCUT2D eigenvalue weighted by Crippen LogP contribution is 2.31. The van der Waals surface area contributed by atoms with Crippen molar-refractivity contribution in [1.82, 2.24) is 9.88 Å². The van der Waals surface area contributed by atoms with Gasteiger partial charge >= 0.3 is 6.18 Å². The molecule has 2 amide bonds. The number of alkyl halides is 3. The van der Waals surface area contributed by atoms with Crippen LogP contribution in [0.15, 0.2) is 42.6 Å². The van der Waals surface area contributed by atoms with E-state index in [1.165, 1.54) is 6.07 Å². The van der Waals surface area contributed by atoms with Gasteiger partial charge < -0.3 is 19.4 Å². The summed E-state index contributed by atoms with van der Waals surface area (Å²) in [5.74, 6) is 0.486. The number of hydrogen-bond donors (Lipinski definition) is 0. The van der Waals surface area contributed by atoms with E-state index in [-0.39, 0.29) is 18.2 Å². The quantitative estimate of drug-likeness (QED) is 0.698. The number of hydrogen-bond acceptors (Lipinski definition) is 5. The molecule has 0 saturated carbocycles. The first-order valence-corrected chi connectivity index (χ1v) is 10.8. The Bertz CT molecular complexity index is 1010. The first kappa shape index (κ1) is 22.9. The van der Waals surface area contributed by atoms with E-state index < -0.39 is 17.7 Å². The van der Waals surface area contributed by atoms with Crippen molar-refractivity contribution in [2.45, 2.75) is 19.0 Å². The highest BCUT2D eigenvalue weighted by atomic mass is 19.4. The van der Waals surface area contributed by atoms with Crippen molar-refractivity contribution in [3.05, 3.63) is 48.2 Å². The fourth-order valence-electron chi connectivity index (χ4n) is 4.27. The fourth-order valence-corrected chi connectivity index (χ4v) is 4.27. The van der Waals surface area contributed by atoms with Crippen molar-refractivity contribution >= 4 is 23.3 Å². The molecule has 1 aromatic heterocycles. The highest BCUT2D eigenvalue weighted by Gasteiger charge is 2.38. The topological polar surface area (TPSA) is 66.0 Å². The first-order valence-electron chi connectivity index (χ1n) is 10.8. The number of amides is 2. The van der Waals surface area contributed by atoms with Gasteiger partial charge in [-0.1, -0.05) is 6.07 Å². The van der Waals surface area contributed by atoms with Crippen LogP contribution in [0.4, 0.5) is 24.7 Å². The third kappa shape index (κ3) is 5.04. The minimum atomic E-state index is -4.43. The van der Waals surface area contributed by atoms with Crippen molar-refractivity contribution in [3.8, 4) is 5.75 Å². The Hall–Kier alpha value is -3.30. The van der Waals surface area contributed by atoms with Crippen LogP contribution in [0.25, 0.3) is 0 Å². The average molecular weight is 462 g/mol. The Morgan fingerprint density at radius 3 is 2.64 bits per heavy atom. The van der Waals surface area contributed by atoms with E-state index >= 15 is 0 Å². The van der Waals surface area contributed by atoms with Crippen LogP contribution in [-0.2, 0) is 15.8 Å². The van der Waals surface area contributed by atoms with Gasteiger partial charge in [0, 0.05) is 57.1 Å². The van der Waals surface area contributed by atoms with Crippen LogP contribution < -0.4 is 14.5 Å². The van der Waals surface area contributed by atoms with Crippen molar-refractivity contribution < 1.29 is 27.5 Å². The van der Waals surface area contributed by atoms with Gasteiger partial charge in [-0.3, -0.25) is 9.59 Å². The largest absolute Gasteiger partial charge is 0.497 e. The first-order chi connectivity index (χ1) is 15.8. The second-order valence-electron chi connectivity index (χ2n) is 8.18. The van der Waals surface area contributed by atoms with E-state index in [1.54, 1.807) is 35.1 Å². The number of methoxy groups -OCH3 is 1. The predicted molar refractivity (Wildman–Crippen MR) is 116 cm³/mol. The third-order valence-electron chi connectivity index (χ3n) is 6.05. The van der Waals surface area contributed by atoms with Gasteiger partial charge in [0.1, 0.15) is 11.6 Å². The molecule has 2 fully saturated rings. The molecule has 2 saturated heterocycles. The van der Waals surface area contributed by atoms with Crippen molar-refractivity contribution in [3.63, 3.8) is 0 Å². The van der Waals surface area contributed by atoms with E-state index in [4.69, 9.17) is 4.74 Å². The lowest BCUT2D eigenvalue weighted by Crippen LogP contribution is -2.40. The summed E-state index contributed by atoms with van der Waals surface area (Å²) in [5.41, 5.74) is -0.0885. The molecule has 0 bridgehead atoms. The number of benzene rings is 1. The molecule has 176 valence electrons. The number of nitrogens with zero attached hydrogens (tertiary/aromatic N) is 4. The monoisotopic (exact) mass is 462 g/mol. The van der Waals surface area contributed by atoms with E-state index in [9.17, 15) is 22.8 Å². The molecule has 0 spiro atoms. The van der Waals surface area contributed by atoms with Gasteiger partial charge in [-0.15, -0.1) is 0 Å². The zero-order valence-electron chi connectivity index (χ0n) is 18.2. The van der Waals surface area contributed by atoms with Crippen LogP contribution in [0, 0.1) is 5.92 Å². The zero-order chi connectivity index (χ0) is 23.6. The van der Waals surface area contributed by atoms with Crippen LogP contribution in [0.5, 0.6) is 5.75 Å². The molecule has 3 heterocycles. The molecular weight excluding hydrogens is 437 g/mol. The van der Waals surface area contributed by atoms with Gasteiger partial charge in [0.15, 0.2) is 0 Å². The molecule has 2 aromatic rings. The Morgan fingerprint density at radius 1 is 1.12 bits per heavy atom. The summed E-state index contributed by atoms with van der Waals surface area (Å²) in [6, 6.07) is 9.56. The number of rotatable bonds is 4. The Morgan fingerprint density at radius 2 is 1.94 bits per heavy atom. The lowest BCUT2D eigenvalue weighted by atomic mass is 10.1. The molecule has 1 unspecified atom stereocenters. The lowest BCUT2D eigenvalue weighted by molar-refractivity contribution is -0.138. The summed E-state index contributed by atoms with van der Waals surface area (Å²) in [6.45, 7) is 2.31. The van der Waals surface area contributed by atoms with E-state index in [2.05, 4.69) is 4.98 Å². The smallest absolute Gasteiger partial charge is 0.417 e. The summed E-state index contributed by atoms with van der Waals surface area (Å²) in [7, 11) is 1.56. The van der Waals surface area contributed by atoms with Crippen LogP contribution >= 0.6 is 0 Å². The van der Waals surface area contributed by atoms with E-state index in [0.29, 0.717) is 56.4 Å². The van der Waals surface area contributed by atoms with Gasteiger partial charge in [0.05, 0.1) is 18.6 Å². The lowest BCUT2D eigenvalue weighted by Gasteiger charge is -2.25.